The Kier molecular flexibility index (Phi) is 2.58. The molecule has 0 unspecified atom stereocenters. The molecule has 2 aromatic heterocycles. The van der Waals surface area contributed by atoms with Gasteiger partial charge >= 0.3 is 5.97 Å². The summed E-state index contributed by atoms with van der Waals surface area (Å²) >= 11 is 0. The summed E-state index contributed by atoms with van der Waals surface area (Å²) in [5.74, 6) is -0.166. The monoisotopic (exact) mass is 247 g/mol. The minimum absolute atomic E-state index is 0.237. The van der Waals surface area contributed by atoms with Crippen LogP contribution in [0.25, 0.3) is 5.65 Å². The third-order valence-electron chi connectivity index (χ3n) is 3.34. The number of hydrogen-bond donors (Lipinski definition) is 1. The highest BCUT2D eigenvalue weighted by Crippen LogP contribution is 2.23. The van der Waals surface area contributed by atoms with Gasteiger partial charge in [0, 0.05) is 25.5 Å². The van der Waals surface area contributed by atoms with Gasteiger partial charge in [-0.15, -0.1) is 10.2 Å². The molecule has 1 fully saturated rings. The van der Waals surface area contributed by atoms with E-state index in [1.54, 1.807) is 18.7 Å². The molecule has 0 bridgehead atoms. The zero-order valence-electron chi connectivity index (χ0n) is 9.73. The lowest BCUT2D eigenvalue weighted by molar-refractivity contribution is -0.142. The maximum Gasteiger partial charge on any atom is 0.306 e. The third-order valence-corrected chi connectivity index (χ3v) is 3.34. The second-order valence-corrected chi connectivity index (χ2v) is 4.41. The first-order chi connectivity index (χ1) is 8.75. The molecule has 1 saturated heterocycles. The Morgan fingerprint density at radius 2 is 2.17 bits per heavy atom. The maximum atomic E-state index is 10.9. The molecule has 0 spiro atoms. The van der Waals surface area contributed by atoms with Crippen LogP contribution in [-0.4, -0.2) is 43.7 Å². The Bertz CT molecular complexity index is 574. The van der Waals surface area contributed by atoms with Gasteiger partial charge in [-0.2, -0.15) is 0 Å². The fourth-order valence-corrected chi connectivity index (χ4v) is 2.31. The molecule has 18 heavy (non-hydrogen) atoms. The average Bonchev–Trinajstić information content (AvgIpc) is 2.87. The molecule has 3 heterocycles. The number of carbonyl (C=O) groups is 1. The summed E-state index contributed by atoms with van der Waals surface area (Å²) in [6, 6.07) is 0. The van der Waals surface area contributed by atoms with Crippen LogP contribution in [0.2, 0.25) is 0 Å². The summed E-state index contributed by atoms with van der Waals surface area (Å²) in [7, 11) is 0. The van der Waals surface area contributed by atoms with Crippen molar-refractivity contribution in [3.05, 3.63) is 18.7 Å². The summed E-state index contributed by atoms with van der Waals surface area (Å²) in [4.78, 5) is 17.3. The average molecular weight is 247 g/mol. The zero-order valence-corrected chi connectivity index (χ0v) is 9.73. The van der Waals surface area contributed by atoms with Gasteiger partial charge in [-0.05, 0) is 12.8 Å². The molecule has 2 aromatic rings. The lowest BCUT2D eigenvalue weighted by atomic mass is 9.97. The van der Waals surface area contributed by atoms with E-state index < -0.39 is 5.97 Å². The predicted octanol–water partition coefficient (Wildman–Crippen LogP) is 0.425. The highest BCUT2D eigenvalue weighted by molar-refractivity contribution is 5.71. The lowest BCUT2D eigenvalue weighted by Crippen LogP contribution is -2.37. The van der Waals surface area contributed by atoms with Crippen molar-refractivity contribution in [2.75, 3.05) is 18.0 Å². The van der Waals surface area contributed by atoms with E-state index in [0.29, 0.717) is 31.6 Å². The summed E-state index contributed by atoms with van der Waals surface area (Å²) in [6.45, 7) is 1.38. The van der Waals surface area contributed by atoms with Gasteiger partial charge in [0.25, 0.3) is 0 Å². The summed E-state index contributed by atoms with van der Waals surface area (Å²) in [5, 5.41) is 16.9. The van der Waals surface area contributed by atoms with Crippen LogP contribution in [0.1, 0.15) is 12.8 Å². The number of aromatic nitrogens is 4. The molecule has 0 radical (unpaired) electrons. The Morgan fingerprint density at radius 3 is 2.89 bits per heavy atom. The van der Waals surface area contributed by atoms with Crippen LogP contribution in [0.4, 0.5) is 5.82 Å². The Balaban J connectivity index is 1.84. The van der Waals surface area contributed by atoms with E-state index >= 15 is 0 Å². The molecular weight excluding hydrogens is 234 g/mol. The van der Waals surface area contributed by atoms with E-state index in [0.717, 1.165) is 5.82 Å². The van der Waals surface area contributed by atoms with Gasteiger partial charge < -0.3 is 10.0 Å². The number of anilines is 1. The van der Waals surface area contributed by atoms with Crippen molar-refractivity contribution in [2.45, 2.75) is 12.8 Å². The first-order valence-corrected chi connectivity index (χ1v) is 5.88. The van der Waals surface area contributed by atoms with Gasteiger partial charge in [0.15, 0.2) is 5.82 Å². The maximum absolute atomic E-state index is 10.9. The van der Waals surface area contributed by atoms with Crippen LogP contribution in [0.3, 0.4) is 0 Å². The minimum atomic E-state index is -0.705. The lowest BCUT2D eigenvalue weighted by Gasteiger charge is -2.30. The van der Waals surface area contributed by atoms with Crippen molar-refractivity contribution in [1.29, 1.82) is 0 Å². The van der Waals surface area contributed by atoms with Crippen molar-refractivity contribution in [1.82, 2.24) is 19.6 Å². The predicted molar refractivity (Wildman–Crippen MR) is 63.4 cm³/mol. The van der Waals surface area contributed by atoms with Crippen LogP contribution in [0, 0.1) is 5.92 Å². The van der Waals surface area contributed by atoms with Crippen molar-refractivity contribution >= 4 is 17.4 Å². The van der Waals surface area contributed by atoms with Crippen LogP contribution in [0.5, 0.6) is 0 Å². The van der Waals surface area contributed by atoms with E-state index in [1.165, 1.54) is 0 Å². The van der Waals surface area contributed by atoms with Crippen LogP contribution in [-0.2, 0) is 4.79 Å². The van der Waals surface area contributed by atoms with E-state index in [-0.39, 0.29) is 5.92 Å². The van der Waals surface area contributed by atoms with Crippen LogP contribution in [0.15, 0.2) is 18.7 Å². The SMILES string of the molecule is O=C(O)C1CCN(c2nccn3cnnc23)CC1. The summed E-state index contributed by atoms with van der Waals surface area (Å²) < 4.78 is 1.81. The highest BCUT2D eigenvalue weighted by Gasteiger charge is 2.26. The molecule has 7 heteroatoms. The van der Waals surface area contributed by atoms with Crippen molar-refractivity contribution < 1.29 is 9.90 Å². The van der Waals surface area contributed by atoms with Gasteiger partial charge in [0.1, 0.15) is 6.33 Å². The second-order valence-electron chi connectivity index (χ2n) is 4.41. The van der Waals surface area contributed by atoms with Gasteiger partial charge in [-0.3, -0.25) is 9.20 Å². The van der Waals surface area contributed by atoms with Crippen molar-refractivity contribution in [2.24, 2.45) is 5.92 Å². The molecule has 94 valence electrons. The normalized spacial score (nSPS) is 17.2. The standard InChI is InChI=1S/C11H13N5O2/c17-11(18)8-1-4-15(5-2-8)9-10-14-13-7-16(10)6-3-12-9/h3,6-8H,1-2,4-5H2,(H,17,18). The molecule has 0 aliphatic carbocycles. The van der Waals surface area contributed by atoms with Crippen molar-refractivity contribution in [3.8, 4) is 0 Å². The highest BCUT2D eigenvalue weighted by atomic mass is 16.4. The van der Waals surface area contributed by atoms with E-state index in [2.05, 4.69) is 20.1 Å². The first-order valence-electron chi connectivity index (χ1n) is 5.88. The molecular formula is C11H13N5O2. The third kappa shape index (κ3) is 1.77. The number of nitrogens with zero attached hydrogens (tertiary/aromatic N) is 5. The number of hydrogen-bond acceptors (Lipinski definition) is 5. The largest absolute Gasteiger partial charge is 0.481 e. The molecule has 1 aliphatic rings. The van der Waals surface area contributed by atoms with Crippen molar-refractivity contribution in [3.63, 3.8) is 0 Å². The van der Waals surface area contributed by atoms with Crippen LogP contribution < -0.4 is 4.90 Å². The first kappa shape index (κ1) is 10.9. The van der Waals surface area contributed by atoms with Crippen LogP contribution >= 0.6 is 0 Å². The molecule has 0 aromatic carbocycles. The number of rotatable bonds is 2. The molecule has 7 nitrogen and oxygen atoms in total. The molecule has 1 N–H and O–H groups in total. The number of carboxylic acids is 1. The molecule has 1 aliphatic heterocycles. The number of fused-ring (bicyclic) bond motifs is 1. The second kappa shape index (κ2) is 4.25. The van der Waals surface area contributed by atoms with Gasteiger partial charge in [0.2, 0.25) is 5.65 Å². The topological polar surface area (TPSA) is 83.6 Å². The Hall–Kier alpha value is -2.18. The smallest absolute Gasteiger partial charge is 0.306 e. The quantitative estimate of drug-likeness (QED) is 0.828. The molecule has 0 amide bonds. The minimum Gasteiger partial charge on any atom is -0.481 e. The number of aliphatic carboxylic acids is 1. The number of piperidine rings is 1. The molecule has 0 atom stereocenters. The molecule has 3 rings (SSSR count). The van der Waals surface area contributed by atoms with E-state index in [4.69, 9.17) is 5.11 Å². The fourth-order valence-electron chi connectivity index (χ4n) is 2.31. The number of carboxylic acid groups (broad SMARTS) is 1. The Labute approximate surface area is 103 Å². The van der Waals surface area contributed by atoms with Gasteiger partial charge in [0.05, 0.1) is 5.92 Å². The van der Waals surface area contributed by atoms with E-state index in [1.807, 2.05) is 4.40 Å². The van der Waals surface area contributed by atoms with Gasteiger partial charge in [-0.1, -0.05) is 0 Å². The summed E-state index contributed by atoms with van der Waals surface area (Å²) in [5.41, 5.74) is 0.714. The van der Waals surface area contributed by atoms with Gasteiger partial charge in [-0.25, -0.2) is 4.98 Å². The van der Waals surface area contributed by atoms with E-state index in [9.17, 15) is 4.79 Å². The fraction of sp³-hybridized carbons (Fsp3) is 0.455. The summed E-state index contributed by atoms with van der Waals surface area (Å²) in [6.07, 6.45) is 6.42. The zero-order chi connectivity index (χ0) is 12.5. The molecule has 0 saturated carbocycles. The Morgan fingerprint density at radius 1 is 1.39 bits per heavy atom.